The molecule has 0 saturated heterocycles. The molecule has 1 N–H and O–H groups in total. The Balaban J connectivity index is 1.87. The largest absolute Gasteiger partial charge is 0.388 e. The van der Waals surface area contributed by atoms with E-state index in [0.29, 0.717) is 16.5 Å². The molecule has 0 spiro atoms. The molecule has 104 valence electrons. The number of rotatable bonds is 2. The highest BCUT2D eigenvalue weighted by atomic mass is 35.5. The van der Waals surface area contributed by atoms with Crippen LogP contribution in [0.4, 0.5) is 0 Å². The molecule has 2 aromatic rings. The highest BCUT2D eigenvalue weighted by molar-refractivity contribution is 6.35. The summed E-state index contributed by atoms with van der Waals surface area (Å²) in [7, 11) is 0. The summed E-state index contributed by atoms with van der Waals surface area (Å²) in [6.07, 6.45) is 2.24. The third-order valence-electron chi connectivity index (χ3n) is 4.13. The van der Waals surface area contributed by atoms with E-state index >= 15 is 0 Å². The third-order valence-corrected chi connectivity index (χ3v) is 4.84. The van der Waals surface area contributed by atoms with Gasteiger partial charge in [-0.15, -0.1) is 0 Å². The number of halogens is 2. The van der Waals surface area contributed by atoms with Crippen LogP contribution in [0.1, 0.15) is 29.2 Å². The van der Waals surface area contributed by atoms with Crippen molar-refractivity contribution in [2.24, 2.45) is 5.92 Å². The highest BCUT2D eigenvalue weighted by Gasteiger charge is 2.28. The standard InChI is InChI=1S/C17H16Cl2O/c18-15-6-3-7-16(19)14(15)10-12-9-8-11-4-1-2-5-13(11)17(12)20/h1-7,12,17,20H,8-10H2. The number of aryl methyl sites for hydroxylation is 1. The van der Waals surface area contributed by atoms with Crippen molar-refractivity contribution in [3.05, 3.63) is 69.2 Å². The van der Waals surface area contributed by atoms with Crippen LogP contribution < -0.4 is 0 Å². The van der Waals surface area contributed by atoms with Gasteiger partial charge in [-0.05, 0) is 54.0 Å². The fraction of sp³-hybridized carbons (Fsp3) is 0.294. The summed E-state index contributed by atoms with van der Waals surface area (Å²) in [5, 5.41) is 11.9. The van der Waals surface area contributed by atoms with Crippen molar-refractivity contribution in [2.75, 3.05) is 0 Å². The normalized spacial score (nSPS) is 21.6. The van der Waals surface area contributed by atoms with Gasteiger partial charge in [-0.25, -0.2) is 0 Å². The predicted octanol–water partition coefficient (Wildman–Crippen LogP) is 4.83. The SMILES string of the molecule is OC1c2ccccc2CCC1Cc1c(Cl)cccc1Cl. The van der Waals surface area contributed by atoms with E-state index in [1.807, 2.05) is 36.4 Å². The number of aliphatic hydroxyl groups excluding tert-OH is 1. The van der Waals surface area contributed by atoms with Crippen LogP contribution in [0.25, 0.3) is 0 Å². The number of hydrogen-bond acceptors (Lipinski definition) is 1. The molecule has 0 aromatic heterocycles. The average molecular weight is 307 g/mol. The van der Waals surface area contributed by atoms with E-state index in [0.717, 1.165) is 24.0 Å². The molecule has 0 aliphatic heterocycles. The molecule has 0 fully saturated rings. The van der Waals surface area contributed by atoms with Crippen LogP contribution in [0.5, 0.6) is 0 Å². The minimum Gasteiger partial charge on any atom is -0.388 e. The van der Waals surface area contributed by atoms with Crippen LogP contribution in [0, 0.1) is 5.92 Å². The van der Waals surface area contributed by atoms with E-state index in [9.17, 15) is 5.11 Å². The minimum atomic E-state index is -0.438. The Morgan fingerprint density at radius 3 is 2.45 bits per heavy atom. The fourth-order valence-corrected chi connectivity index (χ4v) is 3.56. The van der Waals surface area contributed by atoms with Gasteiger partial charge in [-0.1, -0.05) is 53.5 Å². The molecule has 0 bridgehead atoms. The maximum atomic E-state index is 10.6. The number of aliphatic hydroxyl groups is 1. The van der Waals surface area contributed by atoms with Crippen molar-refractivity contribution in [2.45, 2.75) is 25.4 Å². The lowest BCUT2D eigenvalue weighted by molar-refractivity contribution is 0.0937. The lowest BCUT2D eigenvalue weighted by Gasteiger charge is -2.30. The Morgan fingerprint density at radius 2 is 1.70 bits per heavy atom. The first kappa shape index (κ1) is 13.9. The maximum absolute atomic E-state index is 10.6. The van der Waals surface area contributed by atoms with Gasteiger partial charge in [0.05, 0.1) is 6.10 Å². The van der Waals surface area contributed by atoms with Crippen LogP contribution in [-0.4, -0.2) is 5.11 Å². The molecule has 1 nitrogen and oxygen atoms in total. The summed E-state index contributed by atoms with van der Waals surface area (Å²) in [6.45, 7) is 0. The van der Waals surface area contributed by atoms with Gasteiger partial charge in [0.15, 0.2) is 0 Å². The van der Waals surface area contributed by atoms with Gasteiger partial charge in [0.1, 0.15) is 0 Å². The van der Waals surface area contributed by atoms with Crippen LogP contribution in [0.2, 0.25) is 10.0 Å². The molecule has 1 aliphatic carbocycles. The van der Waals surface area contributed by atoms with Crippen LogP contribution >= 0.6 is 23.2 Å². The average Bonchev–Trinajstić information content (AvgIpc) is 2.45. The molecule has 1 aliphatic rings. The first-order valence-corrected chi connectivity index (χ1v) is 7.61. The second-order valence-electron chi connectivity index (χ2n) is 5.35. The summed E-state index contributed by atoms with van der Waals surface area (Å²) >= 11 is 12.5. The predicted molar refractivity (Wildman–Crippen MR) is 83.4 cm³/mol. The molecule has 2 unspecified atom stereocenters. The molecule has 3 heteroatoms. The van der Waals surface area contributed by atoms with Crippen molar-refractivity contribution in [1.82, 2.24) is 0 Å². The molecule has 0 saturated carbocycles. The third kappa shape index (κ3) is 2.58. The first-order chi connectivity index (χ1) is 9.66. The van der Waals surface area contributed by atoms with Gasteiger partial charge in [0, 0.05) is 10.0 Å². The van der Waals surface area contributed by atoms with Gasteiger partial charge in [-0.2, -0.15) is 0 Å². The summed E-state index contributed by atoms with van der Waals surface area (Å²) in [5.74, 6) is 0.169. The summed E-state index contributed by atoms with van der Waals surface area (Å²) in [5.41, 5.74) is 3.24. The molecular formula is C17H16Cl2O. The van der Waals surface area contributed by atoms with Crippen molar-refractivity contribution in [3.63, 3.8) is 0 Å². The quantitative estimate of drug-likeness (QED) is 0.842. The lowest BCUT2D eigenvalue weighted by atomic mass is 9.78. The molecule has 0 heterocycles. The second kappa shape index (κ2) is 5.77. The highest BCUT2D eigenvalue weighted by Crippen LogP contribution is 2.38. The van der Waals surface area contributed by atoms with Gasteiger partial charge in [0.25, 0.3) is 0 Å². The number of fused-ring (bicyclic) bond motifs is 1. The molecule has 2 atom stereocenters. The molecular weight excluding hydrogens is 291 g/mol. The zero-order chi connectivity index (χ0) is 14.1. The Kier molecular flexibility index (Phi) is 4.02. The van der Waals surface area contributed by atoms with Crippen LogP contribution in [0.15, 0.2) is 42.5 Å². The maximum Gasteiger partial charge on any atom is 0.0824 e. The topological polar surface area (TPSA) is 20.2 Å². The van der Waals surface area contributed by atoms with Crippen molar-refractivity contribution in [3.8, 4) is 0 Å². The van der Waals surface area contributed by atoms with E-state index in [1.54, 1.807) is 0 Å². The number of hydrogen-bond donors (Lipinski definition) is 1. The number of benzene rings is 2. The van der Waals surface area contributed by atoms with Gasteiger partial charge in [0.2, 0.25) is 0 Å². The van der Waals surface area contributed by atoms with Crippen molar-refractivity contribution >= 4 is 23.2 Å². The van der Waals surface area contributed by atoms with Gasteiger partial charge >= 0.3 is 0 Å². The monoisotopic (exact) mass is 306 g/mol. The second-order valence-corrected chi connectivity index (χ2v) is 6.16. The van der Waals surface area contributed by atoms with E-state index in [2.05, 4.69) is 6.07 Å². The molecule has 3 rings (SSSR count). The van der Waals surface area contributed by atoms with E-state index in [-0.39, 0.29) is 5.92 Å². The summed E-state index contributed by atoms with van der Waals surface area (Å²) in [4.78, 5) is 0. The Labute approximate surface area is 129 Å². The Morgan fingerprint density at radius 1 is 1.00 bits per heavy atom. The van der Waals surface area contributed by atoms with Crippen molar-refractivity contribution in [1.29, 1.82) is 0 Å². The summed E-state index contributed by atoms with van der Waals surface area (Å²) in [6, 6.07) is 13.7. The lowest BCUT2D eigenvalue weighted by Crippen LogP contribution is -2.22. The van der Waals surface area contributed by atoms with Gasteiger partial charge < -0.3 is 5.11 Å². The molecule has 2 aromatic carbocycles. The Hall–Kier alpha value is -1.02. The summed E-state index contributed by atoms with van der Waals surface area (Å²) < 4.78 is 0. The zero-order valence-corrected chi connectivity index (χ0v) is 12.5. The van der Waals surface area contributed by atoms with Crippen LogP contribution in [0.3, 0.4) is 0 Å². The smallest absolute Gasteiger partial charge is 0.0824 e. The first-order valence-electron chi connectivity index (χ1n) is 6.85. The minimum absolute atomic E-state index is 0.169. The molecule has 0 amide bonds. The fourth-order valence-electron chi connectivity index (χ4n) is 3.01. The van der Waals surface area contributed by atoms with Gasteiger partial charge in [-0.3, -0.25) is 0 Å². The molecule has 20 heavy (non-hydrogen) atoms. The van der Waals surface area contributed by atoms with E-state index < -0.39 is 6.10 Å². The van der Waals surface area contributed by atoms with Crippen LogP contribution in [-0.2, 0) is 12.8 Å². The zero-order valence-electron chi connectivity index (χ0n) is 11.0. The van der Waals surface area contributed by atoms with Crippen molar-refractivity contribution < 1.29 is 5.11 Å². The Bertz CT molecular complexity index is 604. The van der Waals surface area contributed by atoms with E-state index in [4.69, 9.17) is 23.2 Å². The van der Waals surface area contributed by atoms with E-state index in [1.165, 1.54) is 5.56 Å². The molecule has 0 radical (unpaired) electrons.